The highest BCUT2D eigenvalue weighted by molar-refractivity contribution is 6.74. The van der Waals surface area contributed by atoms with Gasteiger partial charge in [-0.2, -0.15) is 0 Å². The molecule has 0 aromatic heterocycles. The van der Waals surface area contributed by atoms with Gasteiger partial charge in [0.05, 0.1) is 24.0 Å². The van der Waals surface area contributed by atoms with Crippen LogP contribution in [0.5, 0.6) is 0 Å². The van der Waals surface area contributed by atoms with Crippen LogP contribution in [-0.4, -0.2) is 53.0 Å². The monoisotopic (exact) mass is 662 g/mol. The maximum atomic E-state index is 13.7. The molecule has 0 saturated carbocycles. The fourth-order valence-electron chi connectivity index (χ4n) is 6.51. The van der Waals surface area contributed by atoms with Crippen LogP contribution in [0.1, 0.15) is 114 Å². The van der Waals surface area contributed by atoms with Crippen molar-refractivity contribution in [2.45, 2.75) is 175 Å². The summed E-state index contributed by atoms with van der Waals surface area (Å²) in [5.41, 5.74) is 0.721. The van der Waals surface area contributed by atoms with Crippen LogP contribution in [0.2, 0.25) is 36.3 Å². The van der Waals surface area contributed by atoms with E-state index in [1.165, 1.54) is 5.57 Å². The minimum absolute atomic E-state index is 0.0839. The summed E-state index contributed by atoms with van der Waals surface area (Å²) in [5, 5.41) is 0.169. The van der Waals surface area contributed by atoms with Crippen molar-refractivity contribution >= 4 is 28.6 Å². The fourth-order valence-corrected chi connectivity index (χ4v) is 9.15. The normalized spacial score (nSPS) is 30.0. The van der Waals surface area contributed by atoms with Crippen LogP contribution in [-0.2, 0) is 27.9 Å². The van der Waals surface area contributed by atoms with Gasteiger partial charge in [0.1, 0.15) is 12.2 Å². The third-order valence-corrected chi connectivity index (χ3v) is 21.3. The average Bonchev–Trinajstić information content (AvgIpc) is 2.90. The molecule has 3 aliphatic rings. The van der Waals surface area contributed by atoms with Crippen molar-refractivity contribution in [3.05, 3.63) is 23.8 Å². The molecule has 6 nitrogen and oxygen atoms in total. The second-order valence-corrected chi connectivity index (χ2v) is 27.1. The van der Waals surface area contributed by atoms with Crippen LogP contribution in [0.25, 0.3) is 0 Å². The van der Waals surface area contributed by atoms with Gasteiger partial charge in [-0.05, 0) is 86.3 Å². The smallest absolute Gasteiger partial charge is 0.312 e. The number of hydrogen-bond donors (Lipinski definition) is 0. The van der Waals surface area contributed by atoms with E-state index in [0.717, 1.165) is 32.1 Å². The van der Waals surface area contributed by atoms with E-state index in [-0.39, 0.29) is 58.3 Å². The number of carbonyl (C=O) groups excluding carboxylic acids is 2. The van der Waals surface area contributed by atoms with Gasteiger partial charge in [0.2, 0.25) is 0 Å². The Morgan fingerprint density at radius 1 is 0.911 bits per heavy atom. The summed E-state index contributed by atoms with van der Waals surface area (Å²) >= 11 is 0. The molecule has 2 aliphatic carbocycles. The highest BCUT2D eigenvalue weighted by Crippen LogP contribution is 2.47. The number of cyclic esters (lactones) is 1. The lowest BCUT2D eigenvalue weighted by Gasteiger charge is -2.46. The molecular formula is C37H66O6Si2. The van der Waals surface area contributed by atoms with Gasteiger partial charge < -0.3 is 18.3 Å². The summed E-state index contributed by atoms with van der Waals surface area (Å²) in [7, 11) is -4.05. The molecule has 0 unspecified atom stereocenters. The molecule has 1 saturated heterocycles. The number of ether oxygens (including phenoxy) is 2. The minimum atomic E-state index is -2.05. The molecule has 0 radical (unpaired) electrons. The molecule has 0 aromatic carbocycles. The van der Waals surface area contributed by atoms with Crippen LogP contribution in [0.4, 0.5) is 0 Å². The van der Waals surface area contributed by atoms with E-state index in [9.17, 15) is 9.59 Å². The van der Waals surface area contributed by atoms with Crippen molar-refractivity contribution in [2.24, 2.45) is 23.2 Å². The Labute approximate surface area is 277 Å². The zero-order chi connectivity index (χ0) is 34.2. The average molecular weight is 663 g/mol. The van der Waals surface area contributed by atoms with Gasteiger partial charge >= 0.3 is 11.9 Å². The molecular weight excluding hydrogens is 597 g/mol. The van der Waals surface area contributed by atoms with Gasteiger partial charge in [-0.25, -0.2) is 0 Å². The standard InChI is InChI=1S/C37H66O6Si2/c1-15-37(10,16-2)34(39)41-31-23-28(42-44(11,12)35(4,5)6)21-26-18-17-25(3)30(33(26)31)20-19-27-22-29(24-32(38)40-27)43-45(13,14)36(7,8)9/h17-18,21,25,27-31,33H,15-16,19-20,22-24H2,1-14H3/t25-,27-,28-,29-,30+,31+,33+/m1/s1. The first-order valence-corrected chi connectivity index (χ1v) is 23.5. The predicted molar refractivity (Wildman–Crippen MR) is 189 cm³/mol. The van der Waals surface area contributed by atoms with E-state index in [1.54, 1.807) is 0 Å². The number of carbonyl (C=O) groups is 2. The van der Waals surface area contributed by atoms with Crippen LogP contribution >= 0.6 is 0 Å². The van der Waals surface area contributed by atoms with Crippen molar-refractivity contribution in [3.63, 3.8) is 0 Å². The van der Waals surface area contributed by atoms with Gasteiger partial charge in [0.15, 0.2) is 16.6 Å². The highest BCUT2D eigenvalue weighted by Gasteiger charge is 2.47. The Morgan fingerprint density at radius 3 is 2.04 bits per heavy atom. The van der Waals surface area contributed by atoms with Crippen molar-refractivity contribution in [1.82, 2.24) is 0 Å². The van der Waals surface area contributed by atoms with Crippen LogP contribution < -0.4 is 0 Å². The number of fused-ring (bicyclic) bond motifs is 1. The Bertz CT molecular complexity index is 1110. The number of hydrogen-bond acceptors (Lipinski definition) is 6. The minimum Gasteiger partial charge on any atom is -0.462 e. The summed E-state index contributed by atoms with van der Waals surface area (Å²) in [6.07, 6.45) is 11.2. The van der Waals surface area contributed by atoms with Crippen LogP contribution in [0.15, 0.2) is 23.8 Å². The SMILES string of the molecule is CCC(C)(CC)C(=O)O[C@H]1C[C@H](O[Si](C)(C)C(C)(C)C)C=C2C=C[C@@H](C)[C@H](CC[C@@H]3C[C@@H](O[Si](C)(C)C(C)(C)C)CC(=O)O3)[C@H]21. The Hall–Kier alpha value is -1.23. The molecule has 1 fully saturated rings. The van der Waals surface area contributed by atoms with Crippen molar-refractivity contribution in [1.29, 1.82) is 0 Å². The second-order valence-electron chi connectivity index (χ2n) is 17.6. The summed E-state index contributed by atoms with van der Waals surface area (Å²) in [6, 6.07) is 0. The Kier molecular flexibility index (Phi) is 12.0. The molecule has 258 valence electrons. The zero-order valence-corrected chi connectivity index (χ0v) is 33.2. The predicted octanol–water partition coefficient (Wildman–Crippen LogP) is 9.76. The van der Waals surface area contributed by atoms with E-state index in [1.807, 2.05) is 6.92 Å². The number of allylic oxidation sites excluding steroid dienone is 2. The first-order valence-electron chi connectivity index (χ1n) is 17.7. The molecule has 1 heterocycles. The fraction of sp³-hybridized carbons (Fsp3) is 0.838. The van der Waals surface area contributed by atoms with Crippen molar-refractivity contribution in [3.8, 4) is 0 Å². The van der Waals surface area contributed by atoms with Gasteiger partial charge in [0.25, 0.3) is 0 Å². The van der Waals surface area contributed by atoms with E-state index in [2.05, 4.69) is 107 Å². The van der Waals surface area contributed by atoms with Crippen molar-refractivity contribution < 1.29 is 27.9 Å². The van der Waals surface area contributed by atoms with Gasteiger partial charge in [-0.1, -0.05) is 80.5 Å². The summed E-state index contributed by atoms with van der Waals surface area (Å²) < 4.78 is 26.1. The third-order valence-electron chi connectivity index (χ3n) is 12.2. The van der Waals surface area contributed by atoms with Gasteiger partial charge in [0, 0.05) is 18.8 Å². The van der Waals surface area contributed by atoms with E-state index in [4.69, 9.17) is 18.3 Å². The molecule has 0 spiro atoms. The first-order chi connectivity index (χ1) is 20.5. The molecule has 0 aromatic rings. The Morgan fingerprint density at radius 2 is 1.49 bits per heavy atom. The van der Waals surface area contributed by atoms with Gasteiger partial charge in [-0.3, -0.25) is 9.59 Å². The van der Waals surface area contributed by atoms with Crippen LogP contribution in [0.3, 0.4) is 0 Å². The van der Waals surface area contributed by atoms with E-state index >= 15 is 0 Å². The Balaban J connectivity index is 1.86. The van der Waals surface area contributed by atoms with E-state index < -0.39 is 22.0 Å². The topological polar surface area (TPSA) is 71.1 Å². The summed E-state index contributed by atoms with van der Waals surface area (Å²) in [6.45, 7) is 31.0. The highest BCUT2D eigenvalue weighted by atomic mass is 28.4. The molecule has 0 bridgehead atoms. The zero-order valence-electron chi connectivity index (χ0n) is 31.2. The van der Waals surface area contributed by atoms with Crippen LogP contribution in [0, 0.1) is 23.2 Å². The number of esters is 2. The molecule has 8 heteroatoms. The third kappa shape index (κ3) is 9.02. The summed E-state index contributed by atoms with van der Waals surface area (Å²) in [4.78, 5) is 26.4. The molecule has 0 N–H and O–H groups in total. The lowest BCUT2D eigenvalue weighted by atomic mass is 9.66. The quantitative estimate of drug-likeness (QED) is 0.162. The largest absolute Gasteiger partial charge is 0.462 e. The van der Waals surface area contributed by atoms with E-state index in [0.29, 0.717) is 18.8 Å². The lowest BCUT2D eigenvalue weighted by Crippen LogP contribution is -2.49. The molecule has 1 aliphatic heterocycles. The molecule has 3 rings (SSSR count). The maximum absolute atomic E-state index is 13.7. The second kappa shape index (κ2) is 14.1. The molecule has 0 amide bonds. The summed E-state index contributed by atoms with van der Waals surface area (Å²) in [5.74, 6) is 0.416. The maximum Gasteiger partial charge on any atom is 0.312 e. The van der Waals surface area contributed by atoms with Crippen molar-refractivity contribution in [2.75, 3.05) is 0 Å². The van der Waals surface area contributed by atoms with Gasteiger partial charge in [-0.15, -0.1) is 0 Å². The molecule has 45 heavy (non-hydrogen) atoms. The number of rotatable bonds is 11. The lowest BCUT2D eigenvalue weighted by molar-refractivity contribution is -0.167. The molecule has 7 atom stereocenters. The first kappa shape index (κ1) is 38.2.